The fourth-order valence-corrected chi connectivity index (χ4v) is 3.21. The van der Waals surface area contributed by atoms with E-state index in [1.165, 1.54) is 10.4 Å². The second kappa shape index (κ2) is 9.27. The van der Waals surface area contributed by atoms with Crippen LogP contribution in [0.4, 0.5) is 5.82 Å². The predicted molar refractivity (Wildman–Crippen MR) is 104 cm³/mol. The highest BCUT2D eigenvalue weighted by Gasteiger charge is 2.06. The number of hydrogen-bond donors (Lipinski definition) is 2. The number of aliphatic imine (C=N–C) groups is 1. The summed E-state index contributed by atoms with van der Waals surface area (Å²) in [5.41, 5.74) is 1.18. The van der Waals surface area contributed by atoms with Gasteiger partial charge in [-0.15, -0.1) is 11.3 Å². The van der Waals surface area contributed by atoms with E-state index in [0.29, 0.717) is 5.92 Å². The minimum Gasteiger partial charge on any atom is -0.363 e. The average Bonchev–Trinajstić information content (AvgIpc) is 3.08. The number of hydrogen-bond acceptors (Lipinski definition) is 4. The Bertz CT molecular complexity index is 637. The molecule has 2 heterocycles. The first-order chi connectivity index (χ1) is 11.6. The number of anilines is 1. The molecule has 0 aliphatic heterocycles. The molecule has 0 saturated heterocycles. The van der Waals surface area contributed by atoms with E-state index in [4.69, 9.17) is 0 Å². The molecule has 1 unspecified atom stereocenters. The number of pyridine rings is 1. The Kier molecular flexibility index (Phi) is 7.06. The van der Waals surface area contributed by atoms with E-state index in [9.17, 15) is 0 Å². The minimum atomic E-state index is 0.559. The summed E-state index contributed by atoms with van der Waals surface area (Å²) in [5.74, 6) is 2.35. The number of rotatable bonds is 7. The first-order valence-corrected chi connectivity index (χ1v) is 9.05. The van der Waals surface area contributed by atoms with Gasteiger partial charge in [-0.3, -0.25) is 4.99 Å². The Hall–Kier alpha value is -2.08. The van der Waals surface area contributed by atoms with Crippen molar-refractivity contribution in [3.05, 3.63) is 46.3 Å². The molecule has 2 aromatic rings. The van der Waals surface area contributed by atoms with Gasteiger partial charge in [0.05, 0.1) is 0 Å². The third kappa shape index (κ3) is 5.85. The number of aromatic nitrogens is 1. The molecular weight excluding hydrogens is 318 g/mol. The van der Waals surface area contributed by atoms with Gasteiger partial charge in [-0.1, -0.05) is 13.0 Å². The summed E-state index contributed by atoms with van der Waals surface area (Å²) in [6.07, 6.45) is 2.93. The van der Waals surface area contributed by atoms with E-state index >= 15 is 0 Å². The Morgan fingerprint density at radius 1 is 1.33 bits per heavy atom. The molecule has 0 aliphatic carbocycles. The average molecular weight is 346 g/mol. The molecule has 0 amide bonds. The van der Waals surface area contributed by atoms with Crippen molar-refractivity contribution in [1.82, 2.24) is 15.6 Å². The van der Waals surface area contributed by atoms with Crippen LogP contribution in [0, 0.1) is 5.92 Å². The van der Waals surface area contributed by atoms with Gasteiger partial charge < -0.3 is 15.5 Å². The number of nitrogens with one attached hydrogen (secondary N) is 2. The smallest absolute Gasteiger partial charge is 0.191 e. The van der Waals surface area contributed by atoms with Crippen LogP contribution >= 0.6 is 11.3 Å². The molecule has 0 spiro atoms. The molecule has 2 rings (SSSR count). The van der Waals surface area contributed by atoms with Crippen molar-refractivity contribution in [3.8, 4) is 0 Å². The molecular formula is C18H27N5S. The molecule has 24 heavy (non-hydrogen) atoms. The van der Waals surface area contributed by atoms with Crippen LogP contribution in [-0.2, 0) is 13.0 Å². The van der Waals surface area contributed by atoms with Gasteiger partial charge in [0.15, 0.2) is 5.96 Å². The summed E-state index contributed by atoms with van der Waals surface area (Å²) in [5, 5.41) is 8.90. The molecule has 2 N–H and O–H groups in total. The number of thiophene rings is 1. The zero-order valence-electron chi connectivity index (χ0n) is 14.9. The summed E-state index contributed by atoms with van der Waals surface area (Å²) >= 11 is 1.82. The van der Waals surface area contributed by atoms with Crippen LogP contribution in [0.2, 0.25) is 0 Å². The van der Waals surface area contributed by atoms with Crippen molar-refractivity contribution in [2.75, 3.05) is 32.6 Å². The molecule has 2 aromatic heterocycles. The largest absolute Gasteiger partial charge is 0.363 e. The van der Waals surface area contributed by atoms with Crippen LogP contribution in [0.3, 0.4) is 0 Å². The van der Waals surface area contributed by atoms with Crippen LogP contribution in [0.1, 0.15) is 17.4 Å². The first-order valence-electron chi connectivity index (χ1n) is 8.17. The van der Waals surface area contributed by atoms with E-state index in [2.05, 4.69) is 51.1 Å². The monoisotopic (exact) mass is 345 g/mol. The number of nitrogens with zero attached hydrogens (tertiary/aromatic N) is 3. The van der Waals surface area contributed by atoms with E-state index in [1.54, 1.807) is 7.05 Å². The van der Waals surface area contributed by atoms with Crippen molar-refractivity contribution in [2.24, 2.45) is 10.9 Å². The molecule has 5 nitrogen and oxygen atoms in total. The van der Waals surface area contributed by atoms with Gasteiger partial charge in [-0.2, -0.15) is 0 Å². The van der Waals surface area contributed by atoms with Gasteiger partial charge >= 0.3 is 0 Å². The molecule has 0 radical (unpaired) electrons. The third-order valence-corrected chi connectivity index (χ3v) is 4.60. The van der Waals surface area contributed by atoms with Crippen molar-refractivity contribution in [2.45, 2.75) is 19.9 Å². The SMILES string of the molecule is CN=C(NCc1ccnc(N(C)C)c1)NCC(C)Cc1cccs1. The minimum absolute atomic E-state index is 0.559. The zero-order chi connectivity index (χ0) is 17.4. The maximum atomic E-state index is 4.33. The Balaban J connectivity index is 1.79. The van der Waals surface area contributed by atoms with Gasteiger partial charge in [0.1, 0.15) is 5.82 Å². The highest BCUT2D eigenvalue weighted by atomic mass is 32.1. The fourth-order valence-electron chi connectivity index (χ4n) is 2.34. The van der Waals surface area contributed by atoms with Gasteiger partial charge in [0.2, 0.25) is 0 Å². The van der Waals surface area contributed by atoms with Gasteiger partial charge in [0, 0.05) is 45.3 Å². The normalized spacial score (nSPS) is 12.8. The zero-order valence-corrected chi connectivity index (χ0v) is 15.7. The van der Waals surface area contributed by atoms with E-state index in [1.807, 2.05) is 42.6 Å². The molecule has 0 fully saturated rings. The molecule has 0 aliphatic rings. The van der Waals surface area contributed by atoms with Crippen LogP contribution < -0.4 is 15.5 Å². The highest BCUT2D eigenvalue weighted by Crippen LogP contribution is 2.13. The maximum Gasteiger partial charge on any atom is 0.191 e. The summed E-state index contributed by atoms with van der Waals surface area (Å²) in [6.45, 7) is 3.88. The fraction of sp³-hybridized carbons (Fsp3) is 0.444. The molecule has 6 heteroatoms. The maximum absolute atomic E-state index is 4.33. The van der Waals surface area contributed by atoms with Gasteiger partial charge in [0.25, 0.3) is 0 Å². The summed E-state index contributed by atoms with van der Waals surface area (Å²) in [4.78, 5) is 12.1. The Morgan fingerprint density at radius 3 is 2.83 bits per heavy atom. The van der Waals surface area contributed by atoms with Crippen LogP contribution in [0.5, 0.6) is 0 Å². The van der Waals surface area contributed by atoms with Crippen LogP contribution in [-0.4, -0.2) is 38.6 Å². The first kappa shape index (κ1) is 18.3. The lowest BCUT2D eigenvalue weighted by atomic mass is 10.1. The molecule has 0 bridgehead atoms. The van der Waals surface area contributed by atoms with E-state index < -0.39 is 0 Å². The Labute approximate surface area is 148 Å². The number of guanidine groups is 1. The van der Waals surface area contributed by atoms with Crippen molar-refractivity contribution >= 4 is 23.1 Å². The Morgan fingerprint density at radius 2 is 2.17 bits per heavy atom. The second-order valence-electron chi connectivity index (χ2n) is 6.11. The quantitative estimate of drug-likeness (QED) is 0.598. The lowest BCUT2D eigenvalue weighted by molar-refractivity contribution is 0.562. The van der Waals surface area contributed by atoms with E-state index in [-0.39, 0.29) is 0 Å². The van der Waals surface area contributed by atoms with Crippen molar-refractivity contribution < 1.29 is 0 Å². The van der Waals surface area contributed by atoms with Gasteiger partial charge in [-0.25, -0.2) is 4.98 Å². The summed E-state index contributed by atoms with van der Waals surface area (Å²) in [7, 11) is 5.79. The lowest BCUT2D eigenvalue weighted by Crippen LogP contribution is -2.39. The van der Waals surface area contributed by atoms with Gasteiger partial charge in [-0.05, 0) is 41.5 Å². The standard InChI is InChI=1S/C18H27N5S/c1-14(10-16-6-5-9-24-16)12-21-18(19-2)22-13-15-7-8-20-17(11-15)23(3)4/h5-9,11,14H,10,12-13H2,1-4H3,(H2,19,21,22). The second-order valence-corrected chi connectivity index (χ2v) is 7.14. The molecule has 0 aromatic carbocycles. The van der Waals surface area contributed by atoms with E-state index in [0.717, 1.165) is 31.3 Å². The highest BCUT2D eigenvalue weighted by molar-refractivity contribution is 7.09. The molecule has 0 saturated carbocycles. The molecule has 1 atom stereocenters. The van der Waals surface area contributed by atoms with Crippen molar-refractivity contribution in [1.29, 1.82) is 0 Å². The van der Waals surface area contributed by atoms with Crippen molar-refractivity contribution in [3.63, 3.8) is 0 Å². The summed E-state index contributed by atoms with van der Waals surface area (Å²) < 4.78 is 0. The topological polar surface area (TPSA) is 52.6 Å². The molecule has 130 valence electrons. The third-order valence-electron chi connectivity index (χ3n) is 3.70. The predicted octanol–water partition coefficient (Wildman–Crippen LogP) is 2.75. The van der Waals surface area contributed by atoms with Crippen LogP contribution in [0.25, 0.3) is 0 Å². The summed E-state index contributed by atoms with van der Waals surface area (Å²) in [6, 6.07) is 8.41. The lowest BCUT2D eigenvalue weighted by Gasteiger charge is -2.16. The van der Waals surface area contributed by atoms with Crippen LogP contribution in [0.15, 0.2) is 40.8 Å².